The van der Waals surface area contributed by atoms with Crippen LogP contribution in [0.15, 0.2) is 0 Å². The fourth-order valence-corrected chi connectivity index (χ4v) is 3.96. The van der Waals surface area contributed by atoms with Crippen LogP contribution in [0.4, 0.5) is 0 Å². The minimum Gasteiger partial charge on any atom is -0.396 e. The molecule has 0 saturated carbocycles. The van der Waals surface area contributed by atoms with Gasteiger partial charge in [-0.1, -0.05) is 4.49 Å². The van der Waals surface area contributed by atoms with Crippen LogP contribution in [0.25, 0.3) is 0 Å². The maximum atomic E-state index is 12.8. The van der Waals surface area contributed by atoms with Crippen molar-refractivity contribution in [2.75, 3.05) is 39.5 Å². The predicted molar refractivity (Wildman–Crippen MR) is 91.3 cm³/mol. The Morgan fingerprint density at radius 3 is 2.72 bits per heavy atom. The van der Waals surface area contributed by atoms with Crippen LogP contribution < -0.4 is 0 Å². The highest BCUT2D eigenvalue weighted by molar-refractivity contribution is 7.07. The van der Waals surface area contributed by atoms with E-state index < -0.39 is 0 Å². The van der Waals surface area contributed by atoms with Crippen molar-refractivity contribution in [1.82, 2.24) is 19.4 Å². The third-order valence-corrected chi connectivity index (χ3v) is 5.79. The summed E-state index contributed by atoms with van der Waals surface area (Å²) in [4.78, 5) is 29.5. The third-order valence-electron chi connectivity index (χ3n) is 4.97. The number of carbonyl (C=O) groups is 2. The Morgan fingerprint density at radius 1 is 1.32 bits per heavy atom. The quantitative estimate of drug-likeness (QED) is 0.822. The van der Waals surface area contributed by atoms with Gasteiger partial charge in [-0.05, 0) is 37.2 Å². The van der Waals surface area contributed by atoms with Gasteiger partial charge < -0.3 is 19.6 Å². The second-order valence-electron chi connectivity index (χ2n) is 6.63. The summed E-state index contributed by atoms with van der Waals surface area (Å²) < 4.78 is 9.34. The molecule has 138 valence electrons. The average molecular weight is 368 g/mol. The number of ether oxygens (including phenoxy) is 1. The molecule has 2 aliphatic rings. The SMILES string of the molecule is Cc1nnsc1C(=O)N1CCOCC1CC(=O)N1CCC(CO)CC1. The monoisotopic (exact) mass is 368 g/mol. The lowest BCUT2D eigenvalue weighted by Crippen LogP contribution is -2.51. The minimum atomic E-state index is -0.259. The van der Waals surface area contributed by atoms with Gasteiger partial charge in [0.1, 0.15) is 4.88 Å². The molecule has 1 aromatic heterocycles. The van der Waals surface area contributed by atoms with E-state index >= 15 is 0 Å². The van der Waals surface area contributed by atoms with Crippen molar-refractivity contribution in [3.8, 4) is 0 Å². The number of aliphatic hydroxyl groups excluding tert-OH is 1. The predicted octanol–water partition coefficient (Wildman–Crippen LogP) is 0.309. The zero-order valence-electron chi connectivity index (χ0n) is 14.4. The number of aliphatic hydroxyl groups is 1. The molecule has 3 heterocycles. The lowest BCUT2D eigenvalue weighted by Gasteiger charge is -2.37. The molecule has 2 amide bonds. The van der Waals surface area contributed by atoms with Gasteiger partial charge in [0.25, 0.3) is 5.91 Å². The molecule has 0 aromatic carbocycles. The summed E-state index contributed by atoms with van der Waals surface area (Å²) >= 11 is 1.09. The van der Waals surface area contributed by atoms with Crippen LogP contribution in [0.3, 0.4) is 0 Å². The normalized spacial score (nSPS) is 22.2. The molecule has 25 heavy (non-hydrogen) atoms. The second-order valence-corrected chi connectivity index (χ2v) is 7.38. The van der Waals surface area contributed by atoms with E-state index in [0.29, 0.717) is 49.3 Å². The van der Waals surface area contributed by atoms with Crippen molar-refractivity contribution in [1.29, 1.82) is 0 Å². The first-order valence-corrected chi connectivity index (χ1v) is 9.43. The van der Waals surface area contributed by atoms with Gasteiger partial charge in [-0.3, -0.25) is 9.59 Å². The summed E-state index contributed by atoms with van der Waals surface area (Å²) in [5.74, 6) is 0.221. The van der Waals surface area contributed by atoms with E-state index in [1.165, 1.54) is 0 Å². The Labute approximate surface area is 150 Å². The fourth-order valence-electron chi connectivity index (χ4n) is 3.35. The van der Waals surface area contributed by atoms with E-state index in [1.54, 1.807) is 11.8 Å². The molecular formula is C16H24N4O4S. The van der Waals surface area contributed by atoms with Crippen LogP contribution in [0.1, 0.15) is 34.6 Å². The van der Waals surface area contributed by atoms with Crippen molar-refractivity contribution in [3.05, 3.63) is 10.6 Å². The molecule has 1 unspecified atom stereocenters. The van der Waals surface area contributed by atoms with Gasteiger partial charge in [0, 0.05) is 32.7 Å². The summed E-state index contributed by atoms with van der Waals surface area (Å²) in [6.45, 7) is 4.61. The number of hydrogen-bond donors (Lipinski definition) is 1. The van der Waals surface area contributed by atoms with Crippen LogP contribution in [-0.4, -0.2) is 81.8 Å². The number of rotatable bonds is 4. The summed E-state index contributed by atoms with van der Waals surface area (Å²) in [6.07, 6.45) is 1.93. The molecular weight excluding hydrogens is 344 g/mol. The number of hydrogen-bond acceptors (Lipinski definition) is 7. The molecule has 0 bridgehead atoms. The van der Waals surface area contributed by atoms with Gasteiger partial charge >= 0.3 is 0 Å². The zero-order chi connectivity index (χ0) is 17.8. The maximum Gasteiger partial charge on any atom is 0.267 e. The molecule has 2 fully saturated rings. The lowest BCUT2D eigenvalue weighted by atomic mass is 9.97. The molecule has 0 spiro atoms. The highest BCUT2D eigenvalue weighted by Crippen LogP contribution is 2.21. The van der Waals surface area contributed by atoms with E-state index in [2.05, 4.69) is 9.59 Å². The number of amides is 2. The van der Waals surface area contributed by atoms with E-state index in [9.17, 15) is 14.7 Å². The van der Waals surface area contributed by atoms with E-state index in [1.807, 2.05) is 4.90 Å². The molecule has 1 atom stereocenters. The van der Waals surface area contributed by atoms with Crippen LogP contribution in [0, 0.1) is 12.8 Å². The molecule has 8 nitrogen and oxygen atoms in total. The molecule has 1 aromatic rings. The van der Waals surface area contributed by atoms with Crippen LogP contribution >= 0.6 is 11.5 Å². The molecule has 3 rings (SSSR count). The Bertz CT molecular complexity index is 615. The van der Waals surface area contributed by atoms with Gasteiger partial charge in [-0.2, -0.15) is 0 Å². The Kier molecular flexibility index (Phi) is 5.98. The lowest BCUT2D eigenvalue weighted by molar-refractivity contribution is -0.135. The van der Waals surface area contributed by atoms with Crippen molar-refractivity contribution < 1.29 is 19.4 Å². The standard InChI is InChI=1S/C16H24N4O4S/c1-11-15(25-18-17-11)16(23)20-6-7-24-10-13(20)8-14(22)19-4-2-12(9-21)3-5-19/h12-13,21H,2-10H2,1H3. The Balaban J connectivity index is 1.62. The van der Waals surface area contributed by atoms with Gasteiger partial charge in [0.15, 0.2) is 0 Å². The van der Waals surface area contributed by atoms with Gasteiger partial charge in [0.05, 0.1) is 24.9 Å². The number of nitrogens with zero attached hydrogens (tertiary/aromatic N) is 4. The number of piperidine rings is 1. The zero-order valence-corrected chi connectivity index (χ0v) is 15.2. The van der Waals surface area contributed by atoms with Crippen LogP contribution in [0.2, 0.25) is 0 Å². The third kappa shape index (κ3) is 4.16. The number of morpholine rings is 1. The number of carbonyl (C=O) groups excluding carboxylic acids is 2. The smallest absolute Gasteiger partial charge is 0.267 e. The van der Waals surface area contributed by atoms with Crippen molar-refractivity contribution in [3.63, 3.8) is 0 Å². The molecule has 0 radical (unpaired) electrons. The summed E-state index contributed by atoms with van der Waals surface area (Å²) in [5, 5.41) is 13.1. The van der Waals surface area contributed by atoms with Gasteiger partial charge in [0.2, 0.25) is 5.91 Å². The van der Waals surface area contributed by atoms with Crippen molar-refractivity contribution >= 4 is 23.3 Å². The highest BCUT2D eigenvalue weighted by atomic mass is 32.1. The largest absolute Gasteiger partial charge is 0.396 e. The van der Waals surface area contributed by atoms with Crippen LogP contribution in [0.5, 0.6) is 0 Å². The molecule has 0 aliphatic carbocycles. The highest BCUT2D eigenvalue weighted by Gasteiger charge is 2.33. The first-order valence-electron chi connectivity index (χ1n) is 8.66. The summed E-state index contributed by atoms with van der Waals surface area (Å²) in [7, 11) is 0. The van der Waals surface area contributed by atoms with E-state index in [0.717, 1.165) is 24.4 Å². The van der Waals surface area contributed by atoms with Crippen molar-refractivity contribution in [2.45, 2.75) is 32.2 Å². The van der Waals surface area contributed by atoms with Crippen molar-refractivity contribution in [2.24, 2.45) is 5.92 Å². The Hall–Kier alpha value is -1.58. The maximum absolute atomic E-state index is 12.8. The molecule has 9 heteroatoms. The van der Waals surface area contributed by atoms with Gasteiger partial charge in [-0.15, -0.1) is 5.10 Å². The number of likely N-dealkylation sites (tertiary alicyclic amines) is 1. The average Bonchev–Trinajstić information content (AvgIpc) is 3.07. The van der Waals surface area contributed by atoms with E-state index in [4.69, 9.17) is 4.74 Å². The van der Waals surface area contributed by atoms with E-state index in [-0.39, 0.29) is 30.9 Å². The van der Waals surface area contributed by atoms with Crippen LogP contribution in [-0.2, 0) is 9.53 Å². The minimum absolute atomic E-state index is 0.0452. The second kappa shape index (κ2) is 8.20. The molecule has 2 saturated heterocycles. The summed E-state index contributed by atoms with van der Waals surface area (Å²) in [6, 6.07) is -0.259. The fraction of sp³-hybridized carbons (Fsp3) is 0.750. The number of aryl methyl sites for hydroxylation is 1. The molecule has 2 aliphatic heterocycles. The van der Waals surface area contributed by atoms with Gasteiger partial charge in [-0.25, -0.2) is 0 Å². The number of aromatic nitrogens is 2. The summed E-state index contributed by atoms with van der Waals surface area (Å²) in [5.41, 5.74) is 0.623. The topological polar surface area (TPSA) is 95.9 Å². The first-order chi connectivity index (χ1) is 12.1. The molecule has 1 N–H and O–H groups in total. The Morgan fingerprint density at radius 2 is 2.08 bits per heavy atom. The first kappa shape index (κ1) is 18.2.